The first kappa shape index (κ1) is 18.7. The largest absolute Gasteiger partial charge is 0.471 e. The van der Waals surface area contributed by atoms with Gasteiger partial charge in [-0.2, -0.15) is 10.4 Å². The summed E-state index contributed by atoms with van der Waals surface area (Å²) in [6.45, 7) is 0.200. The van der Waals surface area contributed by atoms with Gasteiger partial charge < -0.3 is 10.1 Å². The predicted molar refractivity (Wildman–Crippen MR) is 111 cm³/mol. The SMILES string of the molecule is N#Cc1c(NC(=O)c2ccn(COc3ccc(Br)cc3)n2)sc2c1CCCC2. The van der Waals surface area contributed by atoms with Crippen LogP contribution >= 0.6 is 27.3 Å². The molecule has 4 rings (SSSR count). The van der Waals surface area contributed by atoms with E-state index in [1.807, 2.05) is 24.3 Å². The second kappa shape index (κ2) is 8.17. The van der Waals surface area contributed by atoms with Crippen LogP contribution in [0.1, 0.15) is 39.3 Å². The standard InChI is InChI=1S/C20H17BrN4O2S/c21-13-5-7-14(8-6-13)27-12-25-10-9-17(24-25)19(26)23-20-16(11-22)15-3-1-2-4-18(15)28-20/h5-10H,1-4,12H2,(H,23,26). The van der Waals surface area contributed by atoms with E-state index in [4.69, 9.17) is 4.74 Å². The minimum absolute atomic E-state index is 0.200. The lowest BCUT2D eigenvalue weighted by molar-refractivity contribution is 0.102. The number of nitrogens with one attached hydrogen (secondary N) is 1. The summed E-state index contributed by atoms with van der Waals surface area (Å²) in [5.74, 6) is 0.394. The smallest absolute Gasteiger partial charge is 0.276 e. The third kappa shape index (κ3) is 3.96. The van der Waals surface area contributed by atoms with Crippen molar-refractivity contribution in [3.63, 3.8) is 0 Å². The molecular weight excluding hydrogens is 440 g/mol. The minimum atomic E-state index is -0.322. The van der Waals surface area contributed by atoms with Crippen molar-refractivity contribution in [1.82, 2.24) is 9.78 Å². The third-order valence-electron chi connectivity index (χ3n) is 4.56. The van der Waals surface area contributed by atoms with Crippen LogP contribution in [0.25, 0.3) is 0 Å². The fourth-order valence-corrected chi connectivity index (χ4v) is 4.66. The number of amides is 1. The number of carbonyl (C=O) groups excluding carboxylic acids is 1. The maximum Gasteiger partial charge on any atom is 0.276 e. The average molecular weight is 457 g/mol. The molecule has 0 aliphatic heterocycles. The molecule has 1 aromatic carbocycles. The minimum Gasteiger partial charge on any atom is -0.471 e. The average Bonchev–Trinajstić information content (AvgIpc) is 3.31. The van der Waals surface area contributed by atoms with E-state index in [1.54, 1.807) is 16.9 Å². The maximum atomic E-state index is 12.6. The molecule has 1 aliphatic rings. The number of thiophene rings is 1. The van der Waals surface area contributed by atoms with Gasteiger partial charge in [0.2, 0.25) is 0 Å². The summed E-state index contributed by atoms with van der Waals surface area (Å²) in [6, 6.07) is 11.4. The van der Waals surface area contributed by atoms with Gasteiger partial charge in [-0.05, 0) is 61.6 Å². The van der Waals surface area contributed by atoms with Crippen LogP contribution in [0.5, 0.6) is 5.75 Å². The summed E-state index contributed by atoms with van der Waals surface area (Å²) in [4.78, 5) is 13.8. The molecule has 28 heavy (non-hydrogen) atoms. The van der Waals surface area contributed by atoms with Gasteiger partial charge >= 0.3 is 0 Å². The highest BCUT2D eigenvalue weighted by molar-refractivity contribution is 9.10. The van der Waals surface area contributed by atoms with Gasteiger partial charge in [-0.15, -0.1) is 11.3 Å². The van der Waals surface area contributed by atoms with Crippen molar-refractivity contribution in [3.05, 3.63) is 62.7 Å². The van der Waals surface area contributed by atoms with Crippen molar-refractivity contribution < 1.29 is 9.53 Å². The number of rotatable bonds is 5. The quantitative estimate of drug-likeness (QED) is 0.600. The van der Waals surface area contributed by atoms with Crippen molar-refractivity contribution in [2.75, 3.05) is 5.32 Å². The van der Waals surface area contributed by atoms with Crippen LogP contribution in [0, 0.1) is 11.3 Å². The van der Waals surface area contributed by atoms with E-state index in [2.05, 4.69) is 32.4 Å². The Labute approximate surface area is 174 Å². The number of nitrogens with zero attached hydrogens (tertiary/aromatic N) is 3. The van der Waals surface area contributed by atoms with Crippen LogP contribution < -0.4 is 10.1 Å². The number of ether oxygens (including phenoxy) is 1. The van der Waals surface area contributed by atoms with Crippen LogP contribution in [-0.4, -0.2) is 15.7 Å². The molecule has 1 amide bonds. The molecule has 0 fully saturated rings. The molecule has 3 aromatic rings. The lowest BCUT2D eigenvalue weighted by Gasteiger charge is -2.09. The Hall–Kier alpha value is -2.63. The van der Waals surface area contributed by atoms with Crippen LogP contribution in [0.4, 0.5) is 5.00 Å². The number of halogens is 1. The van der Waals surface area contributed by atoms with Gasteiger partial charge in [0.1, 0.15) is 16.8 Å². The van der Waals surface area contributed by atoms with Gasteiger partial charge in [0, 0.05) is 15.5 Å². The van der Waals surface area contributed by atoms with Crippen molar-refractivity contribution in [2.45, 2.75) is 32.4 Å². The molecule has 0 atom stereocenters. The van der Waals surface area contributed by atoms with Crippen LogP contribution in [0.3, 0.4) is 0 Å². The zero-order chi connectivity index (χ0) is 19.5. The number of benzene rings is 1. The highest BCUT2D eigenvalue weighted by Crippen LogP contribution is 2.37. The zero-order valence-corrected chi connectivity index (χ0v) is 17.3. The number of nitriles is 1. The Morgan fingerprint density at radius 2 is 2.07 bits per heavy atom. The Balaban J connectivity index is 1.43. The van der Waals surface area contributed by atoms with Crippen LogP contribution in [0.2, 0.25) is 0 Å². The Morgan fingerprint density at radius 3 is 2.86 bits per heavy atom. The molecule has 1 N–H and O–H groups in total. The second-order valence-electron chi connectivity index (χ2n) is 6.45. The van der Waals surface area contributed by atoms with E-state index >= 15 is 0 Å². The Morgan fingerprint density at radius 1 is 1.29 bits per heavy atom. The summed E-state index contributed by atoms with van der Waals surface area (Å²) in [5.41, 5.74) is 1.99. The molecule has 0 saturated heterocycles. The maximum absolute atomic E-state index is 12.6. The van der Waals surface area contributed by atoms with E-state index in [9.17, 15) is 10.1 Å². The van der Waals surface area contributed by atoms with Gasteiger partial charge in [-0.25, -0.2) is 4.68 Å². The Bertz CT molecular complexity index is 1050. The monoisotopic (exact) mass is 456 g/mol. The molecule has 0 spiro atoms. The van der Waals surface area contributed by atoms with Crippen LogP contribution in [0.15, 0.2) is 41.0 Å². The topological polar surface area (TPSA) is 79.9 Å². The number of hydrogen-bond donors (Lipinski definition) is 1. The number of carbonyl (C=O) groups is 1. The fraction of sp³-hybridized carbons (Fsp3) is 0.250. The van der Waals surface area contributed by atoms with E-state index in [0.29, 0.717) is 16.3 Å². The normalized spacial score (nSPS) is 12.9. The van der Waals surface area contributed by atoms with Gasteiger partial charge in [0.15, 0.2) is 12.4 Å². The van der Waals surface area contributed by atoms with Gasteiger partial charge in [0.25, 0.3) is 5.91 Å². The van der Waals surface area contributed by atoms with Crippen molar-refractivity contribution in [3.8, 4) is 11.8 Å². The van der Waals surface area contributed by atoms with Crippen molar-refractivity contribution in [1.29, 1.82) is 5.26 Å². The molecule has 142 valence electrons. The fourth-order valence-electron chi connectivity index (χ4n) is 3.17. The summed E-state index contributed by atoms with van der Waals surface area (Å²) in [6.07, 6.45) is 5.81. The summed E-state index contributed by atoms with van der Waals surface area (Å²) in [5, 5.41) is 17.3. The van der Waals surface area contributed by atoms with Crippen LogP contribution in [-0.2, 0) is 19.6 Å². The number of aryl methyl sites for hydroxylation is 1. The molecule has 0 saturated carbocycles. The predicted octanol–water partition coefficient (Wildman–Crippen LogP) is 4.75. The first-order chi connectivity index (χ1) is 13.6. The second-order valence-corrected chi connectivity index (χ2v) is 8.47. The van der Waals surface area contributed by atoms with Gasteiger partial charge in [-0.1, -0.05) is 15.9 Å². The highest BCUT2D eigenvalue weighted by Gasteiger charge is 2.22. The molecule has 2 heterocycles. The lowest BCUT2D eigenvalue weighted by atomic mass is 9.96. The molecule has 0 unspecified atom stereocenters. The first-order valence-corrected chi connectivity index (χ1v) is 10.5. The van der Waals surface area contributed by atoms with Gasteiger partial charge in [-0.3, -0.25) is 4.79 Å². The zero-order valence-electron chi connectivity index (χ0n) is 14.9. The van der Waals surface area contributed by atoms with E-state index in [-0.39, 0.29) is 18.3 Å². The molecule has 2 aromatic heterocycles. The highest BCUT2D eigenvalue weighted by atomic mass is 79.9. The first-order valence-electron chi connectivity index (χ1n) is 8.92. The molecular formula is C20H17BrN4O2S. The van der Waals surface area contributed by atoms with Gasteiger partial charge in [0.05, 0.1) is 5.56 Å². The Kier molecular flexibility index (Phi) is 5.46. The number of aromatic nitrogens is 2. The van der Waals surface area contributed by atoms with E-state index < -0.39 is 0 Å². The van der Waals surface area contributed by atoms with Crippen molar-refractivity contribution >= 4 is 38.2 Å². The third-order valence-corrected chi connectivity index (χ3v) is 6.30. The van der Waals surface area contributed by atoms with E-state index in [1.165, 1.54) is 16.2 Å². The lowest BCUT2D eigenvalue weighted by Crippen LogP contribution is -2.14. The van der Waals surface area contributed by atoms with E-state index in [0.717, 1.165) is 35.7 Å². The molecule has 0 radical (unpaired) electrons. The molecule has 1 aliphatic carbocycles. The molecule has 0 bridgehead atoms. The summed E-state index contributed by atoms with van der Waals surface area (Å²) >= 11 is 4.89. The number of anilines is 1. The summed E-state index contributed by atoms with van der Waals surface area (Å²) in [7, 11) is 0. The molecule has 8 heteroatoms. The summed E-state index contributed by atoms with van der Waals surface area (Å²) < 4.78 is 8.19. The molecule has 6 nitrogen and oxygen atoms in total. The van der Waals surface area contributed by atoms with Crippen molar-refractivity contribution in [2.24, 2.45) is 0 Å². The number of hydrogen-bond acceptors (Lipinski definition) is 5. The number of fused-ring (bicyclic) bond motifs is 1.